The maximum atomic E-state index is 12.8. The number of nitrogens with zero attached hydrogens (tertiary/aromatic N) is 2. The normalized spacial score (nSPS) is 10.6. The molecule has 2 aromatic carbocycles. The second-order valence-electron chi connectivity index (χ2n) is 6.70. The molecule has 156 valence electrons. The van der Waals surface area contributed by atoms with E-state index in [2.05, 4.69) is 5.32 Å². The summed E-state index contributed by atoms with van der Waals surface area (Å²) in [4.78, 5) is 38.0. The molecule has 0 bridgehead atoms. The Hall–Kier alpha value is -3.26. The Morgan fingerprint density at radius 3 is 2.40 bits per heavy atom. The van der Waals surface area contributed by atoms with Gasteiger partial charge in [0, 0.05) is 11.9 Å². The van der Waals surface area contributed by atoms with Crippen LogP contribution in [0.2, 0.25) is 0 Å². The summed E-state index contributed by atoms with van der Waals surface area (Å²) in [5.41, 5.74) is 2.17. The summed E-state index contributed by atoms with van der Waals surface area (Å²) >= 11 is 1.36. The first kappa shape index (κ1) is 21.4. The van der Waals surface area contributed by atoms with Crippen LogP contribution in [0.5, 0.6) is 0 Å². The Labute approximate surface area is 178 Å². The van der Waals surface area contributed by atoms with E-state index >= 15 is 0 Å². The average Bonchev–Trinajstić information content (AvgIpc) is 2.95. The van der Waals surface area contributed by atoms with Crippen LogP contribution in [0.15, 0.2) is 64.3 Å². The maximum Gasteiger partial charge on any atom is 0.316 e. The van der Waals surface area contributed by atoms with Gasteiger partial charge in [-0.1, -0.05) is 36.4 Å². The molecule has 0 radical (unpaired) electrons. The third kappa shape index (κ3) is 4.83. The highest BCUT2D eigenvalue weighted by molar-refractivity contribution is 8.00. The van der Waals surface area contributed by atoms with Crippen LogP contribution in [0.4, 0.5) is 5.69 Å². The summed E-state index contributed by atoms with van der Waals surface area (Å²) < 4.78 is 8.18. The van der Waals surface area contributed by atoms with Crippen molar-refractivity contribution >= 4 is 29.3 Å². The maximum absolute atomic E-state index is 12.8. The summed E-state index contributed by atoms with van der Waals surface area (Å²) in [6, 6.07) is 16.9. The molecule has 0 atom stereocenters. The summed E-state index contributed by atoms with van der Waals surface area (Å²) in [6.45, 7) is 3.25. The number of amides is 1. The fourth-order valence-electron chi connectivity index (χ4n) is 2.93. The van der Waals surface area contributed by atoms with E-state index < -0.39 is 18.5 Å². The minimum atomic E-state index is -0.560. The van der Waals surface area contributed by atoms with Crippen molar-refractivity contribution in [3.05, 3.63) is 76.2 Å². The van der Waals surface area contributed by atoms with E-state index in [1.807, 2.05) is 49.4 Å². The quantitative estimate of drug-likeness (QED) is 0.465. The third-order valence-corrected chi connectivity index (χ3v) is 5.77. The molecule has 1 amide bonds. The van der Waals surface area contributed by atoms with Gasteiger partial charge in [-0.25, -0.2) is 4.68 Å². The van der Waals surface area contributed by atoms with Gasteiger partial charge in [0.25, 0.3) is 11.5 Å². The van der Waals surface area contributed by atoms with Crippen LogP contribution in [0, 0.1) is 13.8 Å². The number of aromatic nitrogens is 2. The number of rotatable bonds is 7. The van der Waals surface area contributed by atoms with Crippen LogP contribution in [0.1, 0.15) is 11.3 Å². The lowest BCUT2D eigenvalue weighted by Crippen LogP contribution is -2.26. The number of benzene rings is 2. The van der Waals surface area contributed by atoms with Crippen LogP contribution >= 0.6 is 11.8 Å². The molecule has 1 aromatic heterocycles. The highest BCUT2D eigenvalue weighted by atomic mass is 32.2. The molecule has 0 saturated heterocycles. The first-order valence-corrected chi connectivity index (χ1v) is 10.3. The molecule has 0 aliphatic rings. The van der Waals surface area contributed by atoms with Gasteiger partial charge in [0.05, 0.1) is 17.1 Å². The number of thioether (sulfide) groups is 1. The third-order valence-electron chi connectivity index (χ3n) is 4.62. The number of aryl methyl sites for hydroxylation is 1. The Bertz CT molecular complexity index is 1120. The summed E-state index contributed by atoms with van der Waals surface area (Å²) in [6.07, 6.45) is 0. The van der Waals surface area contributed by atoms with Crippen LogP contribution in [-0.4, -0.2) is 33.6 Å². The molecule has 0 saturated carbocycles. The van der Waals surface area contributed by atoms with Crippen LogP contribution in [-0.2, 0) is 21.4 Å². The molecule has 0 spiro atoms. The number of hydrogen-bond acceptors (Lipinski definition) is 5. The molecule has 30 heavy (non-hydrogen) atoms. The monoisotopic (exact) mass is 425 g/mol. The predicted molar refractivity (Wildman–Crippen MR) is 117 cm³/mol. The lowest BCUT2D eigenvalue weighted by atomic mass is 10.2. The number of nitrogens with one attached hydrogen (secondary N) is 1. The fourth-order valence-corrected chi connectivity index (χ4v) is 3.76. The zero-order chi connectivity index (χ0) is 21.7. The smallest absolute Gasteiger partial charge is 0.316 e. The predicted octanol–water partition coefficient (Wildman–Crippen LogP) is 3.07. The van der Waals surface area contributed by atoms with Gasteiger partial charge in [-0.3, -0.25) is 19.1 Å². The van der Waals surface area contributed by atoms with Crippen molar-refractivity contribution < 1.29 is 14.3 Å². The number of hydrogen-bond donors (Lipinski definition) is 1. The number of para-hydroxylation sites is 1. The molecule has 7 nitrogen and oxygen atoms in total. The molecule has 8 heteroatoms. The zero-order valence-electron chi connectivity index (χ0n) is 17.0. The van der Waals surface area contributed by atoms with Gasteiger partial charge in [-0.15, -0.1) is 11.8 Å². The van der Waals surface area contributed by atoms with Gasteiger partial charge in [0.2, 0.25) is 0 Å². The van der Waals surface area contributed by atoms with Gasteiger partial charge < -0.3 is 10.1 Å². The summed E-state index contributed by atoms with van der Waals surface area (Å²) in [5, 5.41) is 2.57. The van der Waals surface area contributed by atoms with E-state index in [-0.39, 0.29) is 17.0 Å². The van der Waals surface area contributed by atoms with Crippen molar-refractivity contribution in [2.24, 2.45) is 7.05 Å². The van der Waals surface area contributed by atoms with Gasteiger partial charge >= 0.3 is 5.97 Å². The molecular formula is C22H23N3O4S. The van der Waals surface area contributed by atoms with Crippen molar-refractivity contribution in [3.8, 4) is 5.69 Å². The molecule has 3 rings (SSSR count). The Morgan fingerprint density at radius 1 is 1.03 bits per heavy atom. The van der Waals surface area contributed by atoms with E-state index in [0.29, 0.717) is 11.4 Å². The lowest BCUT2D eigenvalue weighted by Gasteiger charge is -2.07. The van der Waals surface area contributed by atoms with E-state index in [1.54, 1.807) is 30.8 Å². The first-order chi connectivity index (χ1) is 14.4. The van der Waals surface area contributed by atoms with Crippen molar-refractivity contribution in [2.45, 2.75) is 18.7 Å². The second kappa shape index (κ2) is 9.49. The number of carbonyl (C=O) groups is 2. The Balaban J connectivity index is 1.59. The van der Waals surface area contributed by atoms with E-state index in [9.17, 15) is 14.4 Å². The highest BCUT2D eigenvalue weighted by Gasteiger charge is 2.18. The standard InChI is InChI=1S/C22H23N3O4S/c1-15-9-7-8-12-18(15)30-14-20(27)29-13-19(26)23-21-16(2)24(3)25(22(21)28)17-10-5-4-6-11-17/h4-12H,13-14H2,1-3H3,(H,23,26). The fraction of sp³-hybridized carbons (Fsp3) is 0.227. The van der Waals surface area contributed by atoms with E-state index in [1.165, 1.54) is 16.4 Å². The van der Waals surface area contributed by atoms with Crippen molar-refractivity contribution in [3.63, 3.8) is 0 Å². The molecule has 0 aliphatic heterocycles. The number of ether oxygens (including phenoxy) is 1. The van der Waals surface area contributed by atoms with Crippen LogP contribution in [0.25, 0.3) is 5.69 Å². The molecule has 0 fully saturated rings. The summed E-state index contributed by atoms with van der Waals surface area (Å²) in [7, 11) is 1.74. The SMILES string of the molecule is Cc1ccccc1SCC(=O)OCC(=O)Nc1c(C)n(C)n(-c2ccccc2)c1=O. The molecule has 0 aliphatic carbocycles. The van der Waals surface area contributed by atoms with Crippen LogP contribution < -0.4 is 10.9 Å². The van der Waals surface area contributed by atoms with Crippen molar-refractivity contribution in [1.29, 1.82) is 0 Å². The minimum Gasteiger partial charge on any atom is -0.455 e. The molecule has 1 N–H and O–H groups in total. The van der Waals surface area contributed by atoms with Gasteiger partial charge in [0.1, 0.15) is 5.69 Å². The van der Waals surface area contributed by atoms with Crippen molar-refractivity contribution in [2.75, 3.05) is 17.7 Å². The van der Waals surface area contributed by atoms with E-state index in [4.69, 9.17) is 4.74 Å². The number of esters is 1. The second-order valence-corrected chi connectivity index (χ2v) is 7.72. The molecule has 3 aromatic rings. The van der Waals surface area contributed by atoms with Crippen molar-refractivity contribution in [1.82, 2.24) is 9.36 Å². The zero-order valence-corrected chi connectivity index (χ0v) is 17.9. The Kier molecular flexibility index (Phi) is 6.79. The Morgan fingerprint density at radius 2 is 1.70 bits per heavy atom. The summed E-state index contributed by atoms with van der Waals surface area (Å²) in [5.74, 6) is -0.955. The average molecular weight is 426 g/mol. The number of anilines is 1. The molecule has 1 heterocycles. The molecule has 0 unspecified atom stereocenters. The first-order valence-electron chi connectivity index (χ1n) is 9.36. The minimum absolute atomic E-state index is 0.101. The van der Waals surface area contributed by atoms with Crippen LogP contribution in [0.3, 0.4) is 0 Å². The van der Waals surface area contributed by atoms with E-state index in [0.717, 1.165) is 10.5 Å². The molecular weight excluding hydrogens is 402 g/mol. The van der Waals surface area contributed by atoms with Gasteiger partial charge in [-0.2, -0.15) is 0 Å². The largest absolute Gasteiger partial charge is 0.455 e. The number of carbonyl (C=O) groups excluding carboxylic acids is 2. The van der Waals surface area contributed by atoms with Gasteiger partial charge in [-0.05, 0) is 37.6 Å². The lowest BCUT2D eigenvalue weighted by molar-refractivity contribution is -0.144. The van der Waals surface area contributed by atoms with Gasteiger partial charge in [0.15, 0.2) is 6.61 Å². The topological polar surface area (TPSA) is 82.3 Å². The highest BCUT2D eigenvalue weighted by Crippen LogP contribution is 2.21.